The van der Waals surface area contributed by atoms with Crippen LogP contribution in [0.3, 0.4) is 0 Å². The lowest BCUT2D eigenvalue weighted by atomic mass is 10.1. The lowest BCUT2D eigenvalue weighted by Crippen LogP contribution is -2.28. The van der Waals surface area contributed by atoms with Gasteiger partial charge in [-0.25, -0.2) is 4.79 Å². The van der Waals surface area contributed by atoms with Gasteiger partial charge in [0.2, 0.25) is 0 Å². The SMILES string of the molecule is CCCC(Nc1cc(C)cc(Br)c1)C(=O)O. The molecule has 0 aromatic heterocycles. The van der Waals surface area contributed by atoms with Crippen LogP contribution in [0.1, 0.15) is 25.3 Å². The van der Waals surface area contributed by atoms with E-state index in [0.717, 1.165) is 22.1 Å². The third kappa shape index (κ3) is 3.85. The summed E-state index contributed by atoms with van der Waals surface area (Å²) >= 11 is 3.39. The lowest BCUT2D eigenvalue weighted by molar-refractivity contribution is -0.138. The van der Waals surface area contributed by atoms with Crippen molar-refractivity contribution in [1.82, 2.24) is 0 Å². The van der Waals surface area contributed by atoms with Crippen molar-refractivity contribution < 1.29 is 9.90 Å². The van der Waals surface area contributed by atoms with Crippen molar-refractivity contribution in [2.75, 3.05) is 5.32 Å². The number of hydrogen-bond donors (Lipinski definition) is 2. The summed E-state index contributed by atoms with van der Waals surface area (Å²) in [5.41, 5.74) is 1.94. The van der Waals surface area contributed by atoms with E-state index in [1.54, 1.807) is 0 Å². The van der Waals surface area contributed by atoms with Crippen molar-refractivity contribution in [1.29, 1.82) is 0 Å². The molecule has 0 aliphatic heterocycles. The largest absolute Gasteiger partial charge is 0.480 e. The van der Waals surface area contributed by atoms with Crippen LogP contribution in [0, 0.1) is 6.92 Å². The number of carbonyl (C=O) groups is 1. The second kappa shape index (κ2) is 5.89. The van der Waals surface area contributed by atoms with Crippen molar-refractivity contribution in [3.63, 3.8) is 0 Å². The number of carboxylic acid groups (broad SMARTS) is 1. The average Bonchev–Trinajstić information content (AvgIpc) is 2.15. The van der Waals surface area contributed by atoms with E-state index in [1.807, 2.05) is 32.0 Å². The lowest BCUT2D eigenvalue weighted by Gasteiger charge is -2.15. The summed E-state index contributed by atoms with van der Waals surface area (Å²) in [6.07, 6.45) is 1.47. The molecule has 1 rings (SSSR count). The van der Waals surface area contributed by atoms with Crippen LogP contribution in [0.4, 0.5) is 5.69 Å². The topological polar surface area (TPSA) is 49.3 Å². The highest BCUT2D eigenvalue weighted by molar-refractivity contribution is 9.10. The standard InChI is InChI=1S/C12H16BrNO2/c1-3-4-11(12(15)16)14-10-6-8(2)5-9(13)7-10/h5-7,11,14H,3-4H2,1-2H3,(H,15,16). The van der Waals surface area contributed by atoms with Gasteiger partial charge in [-0.3, -0.25) is 0 Å². The molecule has 0 aliphatic carbocycles. The normalized spacial score (nSPS) is 12.2. The molecular formula is C12H16BrNO2. The van der Waals surface area contributed by atoms with Crippen molar-refractivity contribution in [2.45, 2.75) is 32.7 Å². The number of nitrogens with one attached hydrogen (secondary N) is 1. The molecule has 0 saturated carbocycles. The number of rotatable bonds is 5. The fourth-order valence-corrected chi connectivity index (χ4v) is 2.17. The first-order valence-corrected chi connectivity index (χ1v) is 6.08. The molecule has 0 aliphatic rings. The Balaban J connectivity index is 2.80. The summed E-state index contributed by atoms with van der Waals surface area (Å²) in [6.45, 7) is 3.95. The molecule has 4 heteroatoms. The first kappa shape index (κ1) is 13.0. The number of carboxylic acids is 1. The Labute approximate surface area is 104 Å². The molecular weight excluding hydrogens is 270 g/mol. The number of halogens is 1. The minimum atomic E-state index is -0.806. The van der Waals surface area contributed by atoms with Gasteiger partial charge in [0.25, 0.3) is 0 Å². The van der Waals surface area contributed by atoms with Crippen LogP contribution in [-0.4, -0.2) is 17.1 Å². The molecule has 0 radical (unpaired) electrons. The number of aryl methyl sites for hydroxylation is 1. The van der Waals surface area contributed by atoms with E-state index in [0.29, 0.717) is 6.42 Å². The summed E-state index contributed by atoms with van der Waals surface area (Å²) in [5.74, 6) is -0.806. The van der Waals surface area contributed by atoms with Gasteiger partial charge in [0.05, 0.1) is 0 Å². The van der Waals surface area contributed by atoms with Crippen molar-refractivity contribution in [2.24, 2.45) is 0 Å². The Morgan fingerprint density at radius 2 is 2.19 bits per heavy atom. The van der Waals surface area contributed by atoms with E-state index in [9.17, 15) is 4.79 Å². The summed E-state index contributed by atoms with van der Waals surface area (Å²) in [7, 11) is 0. The zero-order chi connectivity index (χ0) is 12.1. The number of aliphatic carboxylic acids is 1. The van der Waals surface area contributed by atoms with Crippen molar-refractivity contribution >= 4 is 27.6 Å². The maximum Gasteiger partial charge on any atom is 0.326 e. The van der Waals surface area contributed by atoms with Gasteiger partial charge in [0.1, 0.15) is 6.04 Å². The Bertz CT molecular complexity index is 359. The van der Waals surface area contributed by atoms with Gasteiger partial charge in [-0.1, -0.05) is 29.3 Å². The van der Waals surface area contributed by atoms with Crippen LogP contribution < -0.4 is 5.32 Å². The third-order valence-electron chi connectivity index (χ3n) is 2.26. The smallest absolute Gasteiger partial charge is 0.326 e. The van der Waals surface area contributed by atoms with Gasteiger partial charge in [-0.2, -0.15) is 0 Å². The highest BCUT2D eigenvalue weighted by Gasteiger charge is 2.15. The summed E-state index contributed by atoms with van der Waals surface area (Å²) in [4.78, 5) is 11.0. The van der Waals surface area contributed by atoms with Crippen LogP contribution in [-0.2, 0) is 4.79 Å². The molecule has 3 nitrogen and oxygen atoms in total. The van der Waals surface area contributed by atoms with Gasteiger partial charge < -0.3 is 10.4 Å². The molecule has 1 unspecified atom stereocenters. The second-order valence-corrected chi connectivity index (χ2v) is 4.76. The van der Waals surface area contributed by atoms with E-state index in [-0.39, 0.29) is 0 Å². The maximum atomic E-state index is 11.0. The molecule has 0 amide bonds. The van der Waals surface area contributed by atoms with E-state index >= 15 is 0 Å². The minimum Gasteiger partial charge on any atom is -0.480 e. The Morgan fingerprint density at radius 3 is 2.69 bits per heavy atom. The van der Waals surface area contributed by atoms with Crippen molar-refractivity contribution in [3.05, 3.63) is 28.2 Å². The van der Waals surface area contributed by atoms with E-state index in [2.05, 4.69) is 21.2 Å². The van der Waals surface area contributed by atoms with Crippen LogP contribution in [0.2, 0.25) is 0 Å². The molecule has 0 bridgehead atoms. The first-order valence-electron chi connectivity index (χ1n) is 5.29. The molecule has 1 aromatic carbocycles. The molecule has 0 spiro atoms. The average molecular weight is 286 g/mol. The minimum absolute atomic E-state index is 0.515. The summed E-state index contributed by atoms with van der Waals surface area (Å²) in [6, 6.07) is 5.30. The van der Waals surface area contributed by atoms with Gasteiger partial charge in [0, 0.05) is 10.2 Å². The number of benzene rings is 1. The molecule has 2 N–H and O–H groups in total. The first-order chi connectivity index (χ1) is 7.52. The Morgan fingerprint density at radius 1 is 1.50 bits per heavy atom. The predicted octanol–water partition coefficient (Wildman–Crippen LogP) is 3.42. The van der Waals surface area contributed by atoms with Gasteiger partial charge in [-0.15, -0.1) is 0 Å². The Hall–Kier alpha value is -1.03. The maximum absolute atomic E-state index is 11.0. The molecule has 0 saturated heterocycles. The van der Waals surface area contributed by atoms with Gasteiger partial charge in [0.15, 0.2) is 0 Å². The van der Waals surface area contributed by atoms with Crippen LogP contribution >= 0.6 is 15.9 Å². The van der Waals surface area contributed by atoms with E-state index in [4.69, 9.17) is 5.11 Å². The summed E-state index contributed by atoms with van der Waals surface area (Å²) in [5, 5.41) is 12.1. The zero-order valence-corrected chi connectivity index (χ0v) is 11.0. The van der Waals surface area contributed by atoms with Gasteiger partial charge in [-0.05, 0) is 37.1 Å². The fraction of sp³-hybridized carbons (Fsp3) is 0.417. The molecule has 16 heavy (non-hydrogen) atoms. The molecule has 0 fully saturated rings. The third-order valence-corrected chi connectivity index (χ3v) is 2.72. The molecule has 0 heterocycles. The zero-order valence-electron chi connectivity index (χ0n) is 9.46. The quantitative estimate of drug-likeness (QED) is 0.872. The summed E-state index contributed by atoms with van der Waals surface area (Å²) < 4.78 is 0.954. The number of anilines is 1. The highest BCUT2D eigenvalue weighted by Crippen LogP contribution is 2.20. The van der Waals surface area contributed by atoms with Gasteiger partial charge >= 0.3 is 5.97 Å². The monoisotopic (exact) mass is 285 g/mol. The second-order valence-electron chi connectivity index (χ2n) is 3.84. The predicted molar refractivity (Wildman–Crippen MR) is 68.8 cm³/mol. The van der Waals surface area contributed by atoms with E-state index < -0.39 is 12.0 Å². The fourth-order valence-electron chi connectivity index (χ4n) is 1.57. The Kier molecular flexibility index (Phi) is 4.80. The molecule has 88 valence electrons. The molecule has 1 atom stereocenters. The highest BCUT2D eigenvalue weighted by atomic mass is 79.9. The van der Waals surface area contributed by atoms with Crippen LogP contribution in [0.5, 0.6) is 0 Å². The van der Waals surface area contributed by atoms with Crippen LogP contribution in [0.25, 0.3) is 0 Å². The van der Waals surface area contributed by atoms with E-state index in [1.165, 1.54) is 0 Å². The molecule has 1 aromatic rings. The van der Waals surface area contributed by atoms with Crippen LogP contribution in [0.15, 0.2) is 22.7 Å². The number of hydrogen-bond acceptors (Lipinski definition) is 2. The van der Waals surface area contributed by atoms with Crippen molar-refractivity contribution in [3.8, 4) is 0 Å².